The van der Waals surface area contributed by atoms with Crippen molar-refractivity contribution in [2.45, 2.75) is 38.6 Å². The molecule has 0 aliphatic heterocycles. The highest BCUT2D eigenvalue weighted by molar-refractivity contribution is 5.61. The van der Waals surface area contributed by atoms with Crippen LogP contribution in [0.25, 0.3) is 5.65 Å². The molecular weight excluding hydrogens is 214 g/mol. The van der Waals surface area contributed by atoms with Gasteiger partial charge in [0.05, 0.1) is 0 Å². The Balaban J connectivity index is 1.81. The van der Waals surface area contributed by atoms with Crippen LogP contribution in [-0.4, -0.2) is 25.6 Å². The quantitative estimate of drug-likeness (QED) is 0.879. The van der Waals surface area contributed by atoms with Crippen molar-refractivity contribution in [3.8, 4) is 0 Å². The Hall–Kier alpha value is -1.65. The minimum atomic E-state index is 0.452. The van der Waals surface area contributed by atoms with Crippen molar-refractivity contribution in [3.63, 3.8) is 0 Å². The first-order valence-electron chi connectivity index (χ1n) is 6.25. The third-order valence-electron chi connectivity index (χ3n) is 3.69. The van der Waals surface area contributed by atoms with E-state index in [1.807, 2.05) is 10.6 Å². The fourth-order valence-electron chi connectivity index (χ4n) is 2.65. The largest absolute Gasteiger partial charge is 0.364 e. The molecule has 1 aliphatic carbocycles. The van der Waals surface area contributed by atoms with Gasteiger partial charge in [-0.3, -0.25) is 4.40 Å². The lowest BCUT2D eigenvalue weighted by molar-refractivity contribution is 0.481. The topological polar surface area (TPSA) is 55.1 Å². The van der Waals surface area contributed by atoms with E-state index in [1.54, 1.807) is 12.5 Å². The van der Waals surface area contributed by atoms with Crippen LogP contribution in [0.5, 0.6) is 0 Å². The van der Waals surface area contributed by atoms with Gasteiger partial charge in [-0.1, -0.05) is 12.8 Å². The molecule has 2 aromatic heterocycles. The molecule has 3 rings (SSSR count). The summed E-state index contributed by atoms with van der Waals surface area (Å²) < 4.78 is 1.89. The molecule has 90 valence electrons. The molecule has 17 heavy (non-hydrogen) atoms. The van der Waals surface area contributed by atoms with Crippen molar-refractivity contribution in [2.24, 2.45) is 5.92 Å². The SMILES string of the molecule is CC(Nc1nccn2cnnc12)C1CCCC1. The second-order valence-electron chi connectivity index (χ2n) is 4.82. The Labute approximate surface area is 100 Å². The van der Waals surface area contributed by atoms with E-state index in [2.05, 4.69) is 27.4 Å². The minimum Gasteiger partial charge on any atom is -0.364 e. The first kappa shape index (κ1) is 10.5. The van der Waals surface area contributed by atoms with Crippen molar-refractivity contribution in [1.29, 1.82) is 0 Å². The molecule has 0 spiro atoms. The number of nitrogens with zero attached hydrogens (tertiary/aromatic N) is 4. The van der Waals surface area contributed by atoms with Crippen LogP contribution in [-0.2, 0) is 0 Å². The molecule has 0 saturated heterocycles. The Morgan fingerprint density at radius 1 is 1.41 bits per heavy atom. The van der Waals surface area contributed by atoms with Gasteiger partial charge in [-0.05, 0) is 25.7 Å². The van der Waals surface area contributed by atoms with E-state index >= 15 is 0 Å². The van der Waals surface area contributed by atoms with Crippen LogP contribution in [0, 0.1) is 5.92 Å². The number of nitrogens with one attached hydrogen (secondary N) is 1. The van der Waals surface area contributed by atoms with Gasteiger partial charge in [0.1, 0.15) is 6.33 Å². The summed E-state index contributed by atoms with van der Waals surface area (Å²) in [4.78, 5) is 4.36. The molecule has 5 nitrogen and oxygen atoms in total. The average Bonchev–Trinajstić information content (AvgIpc) is 3.00. The number of hydrogen-bond donors (Lipinski definition) is 1. The fourth-order valence-corrected chi connectivity index (χ4v) is 2.65. The van der Waals surface area contributed by atoms with E-state index < -0.39 is 0 Å². The molecule has 0 bridgehead atoms. The summed E-state index contributed by atoms with van der Waals surface area (Å²) in [7, 11) is 0. The average molecular weight is 231 g/mol. The smallest absolute Gasteiger partial charge is 0.203 e. The zero-order valence-electron chi connectivity index (χ0n) is 10.0. The van der Waals surface area contributed by atoms with Gasteiger partial charge >= 0.3 is 0 Å². The van der Waals surface area contributed by atoms with E-state index in [0.717, 1.165) is 17.4 Å². The van der Waals surface area contributed by atoms with Gasteiger partial charge in [-0.2, -0.15) is 0 Å². The normalized spacial score (nSPS) is 18.6. The van der Waals surface area contributed by atoms with Crippen LogP contribution in [0.3, 0.4) is 0 Å². The molecule has 0 aromatic carbocycles. The molecule has 2 aromatic rings. The van der Waals surface area contributed by atoms with Crippen LogP contribution < -0.4 is 5.32 Å². The van der Waals surface area contributed by atoms with Crippen molar-refractivity contribution in [2.75, 3.05) is 5.32 Å². The molecule has 1 unspecified atom stereocenters. The first-order valence-corrected chi connectivity index (χ1v) is 6.25. The molecule has 0 amide bonds. The molecule has 1 saturated carbocycles. The van der Waals surface area contributed by atoms with E-state index in [4.69, 9.17) is 0 Å². The maximum atomic E-state index is 4.36. The fraction of sp³-hybridized carbons (Fsp3) is 0.583. The maximum Gasteiger partial charge on any atom is 0.203 e. The van der Waals surface area contributed by atoms with Crippen molar-refractivity contribution < 1.29 is 0 Å². The second kappa shape index (κ2) is 4.31. The van der Waals surface area contributed by atoms with Gasteiger partial charge < -0.3 is 5.32 Å². The summed E-state index contributed by atoms with van der Waals surface area (Å²) in [6, 6.07) is 0.452. The molecule has 0 radical (unpaired) electrons. The van der Waals surface area contributed by atoms with Crippen LogP contribution in [0.2, 0.25) is 0 Å². The summed E-state index contributed by atoms with van der Waals surface area (Å²) in [6.07, 6.45) is 10.7. The van der Waals surface area contributed by atoms with Crippen LogP contribution in [0.15, 0.2) is 18.7 Å². The van der Waals surface area contributed by atoms with Crippen molar-refractivity contribution >= 4 is 11.5 Å². The highest BCUT2D eigenvalue weighted by Gasteiger charge is 2.22. The van der Waals surface area contributed by atoms with Gasteiger partial charge in [-0.15, -0.1) is 10.2 Å². The van der Waals surface area contributed by atoms with Crippen molar-refractivity contribution in [3.05, 3.63) is 18.7 Å². The summed E-state index contributed by atoms with van der Waals surface area (Å²) >= 11 is 0. The first-order chi connectivity index (χ1) is 8.34. The predicted molar refractivity (Wildman–Crippen MR) is 65.8 cm³/mol. The number of hydrogen-bond acceptors (Lipinski definition) is 4. The summed E-state index contributed by atoms with van der Waals surface area (Å²) in [6.45, 7) is 2.23. The molecule has 1 atom stereocenters. The molecule has 1 aliphatic rings. The van der Waals surface area contributed by atoms with Gasteiger partial charge in [0, 0.05) is 18.4 Å². The van der Waals surface area contributed by atoms with Crippen LogP contribution in [0.1, 0.15) is 32.6 Å². The zero-order chi connectivity index (χ0) is 11.7. The Bertz CT molecular complexity index is 500. The highest BCUT2D eigenvalue weighted by Crippen LogP contribution is 2.29. The van der Waals surface area contributed by atoms with Crippen molar-refractivity contribution in [1.82, 2.24) is 19.6 Å². The number of anilines is 1. The third kappa shape index (κ3) is 1.97. The molecule has 2 heterocycles. The number of fused-ring (bicyclic) bond motifs is 1. The van der Waals surface area contributed by atoms with Crippen LogP contribution in [0.4, 0.5) is 5.82 Å². The van der Waals surface area contributed by atoms with Gasteiger partial charge in [0.15, 0.2) is 5.82 Å². The van der Waals surface area contributed by atoms with E-state index in [1.165, 1.54) is 25.7 Å². The highest BCUT2D eigenvalue weighted by atomic mass is 15.2. The van der Waals surface area contributed by atoms with E-state index in [-0.39, 0.29) is 0 Å². The van der Waals surface area contributed by atoms with Gasteiger partial charge in [0.2, 0.25) is 5.65 Å². The molecule has 1 fully saturated rings. The lowest BCUT2D eigenvalue weighted by Gasteiger charge is -2.20. The minimum absolute atomic E-state index is 0.452. The summed E-state index contributed by atoms with van der Waals surface area (Å²) in [5.41, 5.74) is 0.803. The molecule has 1 N–H and O–H groups in total. The van der Waals surface area contributed by atoms with E-state index in [9.17, 15) is 0 Å². The Morgan fingerprint density at radius 3 is 3.06 bits per heavy atom. The standard InChI is InChI=1S/C12H17N5/c1-9(10-4-2-3-5-10)15-11-12-16-14-8-17(12)7-6-13-11/h6-10H,2-5H2,1H3,(H,13,15). The Kier molecular flexibility index (Phi) is 2.66. The number of aromatic nitrogens is 4. The van der Waals surface area contributed by atoms with Gasteiger partial charge in [0.25, 0.3) is 0 Å². The van der Waals surface area contributed by atoms with E-state index in [0.29, 0.717) is 6.04 Å². The summed E-state index contributed by atoms with van der Waals surface area (Å²) in [5, 5.41) is 11.5. The summed E-state index contributed by atoms with van der Waals surface area (Å²) in [5.74, 6) is 1.60. The lowest BCUT2D eigenvalue weighted by atomic mass is 10.00. The second-order valence-corrected chi connectivity index (χ2v) is 4.82. The zero-order valence-corrected chi connectivity index (χ0v) is 10.0. The van der Waals surface area contributed by atoms with Crippen LogP contribution >= 0.6 is 0 Å². The Morgan fingerprint density at radius 2 is 2.24 bits per heavy atom. The number of rotatable bonds is 3. The molecular formula is C12H17N5. The maximum absolute atomic E-state index is 4.36. The lowest BCUT2D eigenvalue weighted by Crippen LogP contribution is -2.24. The monoisotopic (exact) mass is 231 g/mol. The molecule has 5 heteroatoms. The third-order valence-corrected chi connectivity index (χ3v) is 3.69. The van der Waals surface area contributed by atoms with Gasteiger partial charge in [-0.25, -0.2) is 4.98 Å². The predicted octanol–water partition coefficient (Wildman–Crippen LogP) is 2.11.